The molecule has 0 aromatic heterocycles. The van der Waals surface area contributed by atoms with Gasteiger partial charge in [0.2, 0.25) is 0 Å². The summed E-state index contributed by atoms with van der Waals surface area (Å²) < 4.78 is 33.4. The molecule has 1 atom stereocenters. The molecule has 0 bridgehead atoms. The lowest BCUT2D eigenvalue weighted by atomic mass is 10.2. The highest BCUT2D eigenvalue weighted by Gasteiger charge is 2.21. The molecule has 1 fully saturated rings. The van der Waals surface area contributed by atoms with Crippen molar-refractivity contribution in [1.29, 1.82) is 0 Å². The number of sulfonamides is 1. The van der Waals surface area contributed by atoms with Gasteiger partial charge in [0.1, 0.15) is 4.90 Å². The third-order valence-electron chi connectivity index (χ3n) is 4.30. The zero-order valence-corrected chi connectivity index (χ0v) is 16.4. The Morgan fingerprint density at radius 3 is 2.63 bits per heavy atom. The number of hydrogen-bond acceptors (Lipinski definition) is 4. The smallest absolute Gasteiger partial charge is 0.263 e. The zero-order valence-electron chi connectivity index (χ0n) is 14.9. The standard InChI is InChI=1S/C19H21ClN2O4S/c1-13-4-7-15(8-5-13)22-27(24,25)18-11-14(6-9-17(18)20)19(23)21-12-16-3-2-10-26-16/h4-9,11,16,22H,2-3,10,12H2,1H3,(H,21,23)/t16-/m0/s1. The van der Waals surface area contributed by atoms with Gasteiger partial charge in [-0.25, -0.2) is 8.42 Å². The Kier molecular flexibility index (Phi) is 6.04. The highest BCUT2D eigenvalue weighted by atomic mass is 35.5. The van der Waals surface area contributed by atoms with Crippen molar-refractivity contribution in [3.63, 3.8) is 0 Å². The number of anilines is 1. The minimum atomic E-state index is -3.93. The highest BCUT2D eigenvalue weighted by molar-refractivity contribution is 7.92. The maximum atomic E-state index is 12.7. The van der Waals surface area contributed by atoms with Crippen molar-refractivity contribution in [3.8, 4) is 0 Å². The maximum absolute atomic E-state index is 12.7. The van der Waals surface area contributed by atoms with Gasteiger partial charge >= 0.3 is 0 Å². The van der Waals surface area contributed by atoms with E-state index in [1.54, 1.807) is 24.3 Å². The van der Waals surface area contributed by atoms with Crippen LogP contribution in [0, 0.1) is 6.92 Å². The topological polar surface area (TPSA) is 84.5 Å². The van der Waals surface area contributed by atoms with Crippen LogP contribution in [0.2, 0.25) is 5.02 Å². The third-order valence-corrected chi connectivity index (χ3v) is 6.16. The van der Waals surface area contributed by atoms with Gasteiger partial charge in [-0.3, -0.25) is 9.52 Å². The molecule has 2 aromatic rings. The van der Waals surface area contributed by atoms with Crippen LogP contribution in [0.5, 0.6) is 0 Å². The number of carbonyl (C=O) groups excluding carboxylic acids is 1. The lowest BCUT2D eigenvalue weighted by Gasteiger charge is -2.13. The Morgan fingerprint density at radius 2 is 1.96 bits per heavy atom. The molecule has 2 aromatic carbocycles. The summed E-state index contributed by atoms with van der Waals surface area (Å²) in [4.78, 5) is 12.2. The number of halogens is 1. The molecule has 0 saturated carbocycles. The number of carbonyl (C=O) groups is 1. The first-order valence-corrected chi connectivity index (χ1v) is 10.5. The fourth-order valence-corrected chi connectivity index (χ4v) is 4.38. The Hall–Kier alpha value is -2.09. The second-order valence-electron chi connectivity index (χ2n) is 6.46. The summed E-state index contributed by atoms with van der Waals surface area (Å²) in [5.74, 6) is -0.367. The Balaban J connectivity index is 1.77. The monoisotopic (exact) mass is 408 g/mol. The second kappa shape index (κ2) is 8.29. The summed E-state index contributed by atoms with van der Waals surface area (Å²) in [5.41, 5.74) is 1.66. The van der Waals surface area contributed by atoms with Crippen molar-refractivity contribution >= 4 is 33.2 Å². The molecular weight excluding hydrogens is 388 g/mol. The number of amides is 1. The molecule has 144 valence electrons. The Morgan fingerprint density at radius 1 is 1.22 bits per heavy atom. The van der Waals surface area contributed by atoms with Crippen molar-refractivity contribution in [3.05, 3.63) is 58.6 Å². The van der Waals surface area contributed by atoms with E-state index in [1.165, 1.54) is 18.2 Å². The lowest BCUT2D eigenvalue weighted by molar-refractivity contribution is 0.0857. The number of ether oxygens (including phenoxy) is 1. The van der Waals surface area contributed by atoms with Crippen molar-refractivity contribution in [1.82, 2.24) is 5.32 Å². The van der Waals surface area contributed by atoms with E-state index in [0.717, 1.165) is 18.4 Å². The number of benzene rings is 2. The molecule has 3 rings (SSSR count). The van der Waals surface area contributed by atoms with Gasteiger partial charge in [0, 0.05) is 24.4 Å². The molecule has 0 radical (unpaired) electrons. The molecule has 1 saturated heterocycles. The van der Waals surface area contributed by atoms with Crippen molar-refractivity contribution in [2.75, 3.05) is 17.9 Å². The predicted molar refractivity (Wildman–Crippen MR) is 105 cm³/mol. The molecule has 1 amide bonds. The summed E-state index contributed by atoms with van der Waals surface area (Å²) in [6.07, 6.45) is 1.89. The van der Waals surface area contributed by atoms with Crippen LogP contribution in [-0.4, -0.2) is 33.6 Å². The van der Waals surface area contributed by atoms with E-state index in [1.807, 2.05) is 6.92 Å². The molecule has 0 unspecified atom stereocenters. The Bertz CT molecular complexity index is 923. The van der Waals surface area contributed by atoms with E-state index in [-0.39, 0.29) is 27.5 Å². The lowest BCUT2D eigenvalue weighted by Crippen LogP contribution is -2.31. The third kappa shape index (κ3) is 5.00. The first-order chi connectivity index (χ1) is 12.8. The number of hydrogen-bond donors (Lipinski definition) is 2. The molecule has 0 spiro atoms. The van der Waals surface area contributed by atoms with Gasteiger partial charge in [-0.05, 0) is 50.1 Å². The van der Waals surface area contributed by atoms with Gasteiger partial charge in [0.15, 0.2) is 0 Å². The summed E-state index contributed by atoms with van der Waals surface area (Å²) in [7, 11) is -3.93. The molecule has 1 aliphatic heterocycles. The Labute approximate surface area is 163 Å². The normalized spacial score (nSPS) is 16.9. The van der Waals surface area contributed by atoms with Crippen LogP contribution in [0.25, 0.3) is 0 Å². The average molecular weight is 409 g/mol. The molecule has 6 nitrogen and oxygen atoms in total. The number of rotatable bonds is 6. The summed E-state index contributed by atoms with van der Waals surface area (Å²) >= 11 is 6.09. The van der Waals surface area contributed by atoms with Gasteiger partial charge in [-0.1, -0.05) is 29.3 Å². The summed E-state index contributed by atoms with van der Waals surface area (Å²) in [5, 5.41) is 2.82. The van der Waals surface area contributed by atoms with Gasteiger partial charge in [0.05, 0.1) is 11.1 Å². The van der Waals surface area contributed by atoms with Crippen molar-refractivity contribution in [2.24, 2.45) is 0 Å². The fourth-order valence-electron chi connectivity index (χ4n) is 2.80. The SMILES string of the molecule is Cc1ccc(NS(=O)(=O)c2cc(C(=O)NC[C@@H]3CCCO3)ccc2Cl)cc1. The molecule has 0 aliphatic carbocycles. The van der Waals surface area contributed by atoms with E-state index in [2.05, 4.69) is 10.0 Å². The highest BCUT2D eigenvalue weighted by Crippen LogP contribution is 2.25. The van der Waals surface area contributed by atoms with E-state index in [9.17, 15) is 13.2 Å². The quantitative estimate of drug-likeness (QED) is 0.767. The number of aryl methyl sites for hydroxylation is 1. The predicted octanol–water partition coefficient (Wildman–Crippen LogP) is 3.36. The first kappa shape index (κ1) is 19.7. The number of nitrogens with one attached hydrogen (secondary N) is 2. The fraction of sp³-hybridized carbons (Fsp3) is 0.316. The van der Waals surface area contributed by atoms with Gasteiger partial charge in [0.25, 0.3) is 15.9 Å². The van der Waals surface area contributed by atoms with Gasteiger partial charge in [-0.2, -0.15) is 0 Å². The molecule has 8 heteroatoms. The van der Waals surface area contributed by atoms with Crippen LogP contribution in [0.3, 0.4) is 0 Å². The van der Waals surface area contributed by atoms with Crippen LogP contribution in [0.4, 0.5) is 5.69 Å². The van der Waals surface area contributed by atoms with Crippen LogP contribution in [0.1, 0.15) is 28.8 Å². The van der Waals surface area contributed by atoms with Crippen LogP contribution in [0.15, 0.2) is 47.4 Å². The van der Waals surface area contributed by atoms with Gasteiger partial charge < -0.3 is 10.1 Å². The molecular formula is C19H21ClN2O4S. The van der Waals surface area contributed by atoms with Crippen molar-refractivity contribution < 1.29 is 17.9 Å². The summed E-state index contributed by atoms with van der Waals surface area (Å²) in [6, 6.07) is 11.1. The van der Waals surface area contributed by atoms with E-state index in [4.69, 9.17) is 16.3 Å². The molecule has 27 heavy (non-hydrogen) atoms. The van der Waals surface area contributed by atoms with Crippen molar-refractivity contribution in [2.45, 2.75) is 30.8 Å². The molecule has 2 N–H and O–H groups in total. The van der Waals surface area contributed by atoms with E-state index in [0.29, 0.717) is 18.8 Å². The van der Waals surface area contributed by atoms with E-state index >= 15 is 0 Å². The summed E-state index contributed by atoms with van der Waals surface area (Å²) in [6.45, 7) is 3.01. The minimum absolute atomic E-state index is 0.00709. The first-order valence-electron chi connectivity index (χ1n) is 8.64. The van der Waals surface area contributed by atoms with Gasteiger partial charge in [-0.15, -0.1) is 0 Å². The molecule has 1 aliphatic rings. The average Bonchev–Trinajstić information content (AvgIpc) is 3.15. The zero-order chi connectivity index (χ0) is 19.4. The van der Waals surface area contributed by atoms with Crippen LogP contribution < -0.4 is 10.0 Å². The van der Waals surface area contributed by atoms with E-state index < -0.39 is 10.0 Å². The molecule has 1 heterocycles. The second-order valence-corrected chi connectivity index (χ2v) is 8.52. The minimum Gasteiger partial charge on any atom is -0.376 e. The van der Waals surface area contributed by atoms with Crippen LogP contribution in [-0.2, 0) is 14.8 Å². The maximum Gasteiger partial charge on any atom is 0.263 e. The van der Waals surface area contributed by atoms with Crippen LogP contribution >= 0.6 is 11.6 Å². The largest absolute Gasteiger partial charge is 0.376 e.